The van der Waals surface area contributed by atoms with Crippen LogP contribution in [0, 0.1) is 13.8 Å². The first-order chi connectivity index (χ1) is 15.6. The summed E-state index contributed by atoms with van der Waals surface area (Å²) in [6.45, 7) is 4.12. The number of aromatic nitrogens is 3. The lowest BCUT2D eigenvalue weighted by Crippen LogP contribution is -2.20. The van der Waals surface area contributed by atoms with E-state index >= 15 is 0 Å². The van der Waals surface area contributed by atoms with Gasteiger partial charge in [-0.05, 0) is 32.3 Å². The van der Waals surface area contributed by atoms with Gasteiger partial charge in [0.25, 0.3) is 5.91 Å². The van der Waals surface area contributed by atoms with Gasteiger partial charge >= 0.3 is 0 Å². The van der Waals surface area contributed by atoms with E-state index in [2.05, 4.69) is 56.5 Å². The average Bonchev–Trinajstić information content (AvgIpc) is 3.24. The molecule has 32 heavy (non-hydrogen) atoms. The van der Waals surface area contributed by atoms with E-state index in [0.717, 1.165) is 34.9 Å². The molecule has 1 aromatic heterocycles. The fourth-order valence-corrected chi connectivity index (χ4v) is 4.73. The van der Waals surface area contributed by atoms with Crippen molar-refractivity contribution in [1.82, 2.24) is 20.2 Å². The highest BCUT2D eigenvalue weighted by Gasteiger charge is 2.24. The summed E-state index contributed by atoms with van der Waals surface area (Å²) in [6.07, 6.45) is 7.61. The van der Waals surface area contributed by atoms with Crippen molar-refractivity contribution < 1.29 is 4.79 Å². The molecule has 4 rings (SSSR count). The van der Waals surface area contributed by atoms with Crippen LogP contribution in [0.15, 0.2) is 58.8 Å². The molecule has 0 unspecified atom stereocenters. The van der Waals surface area contributed by atoms with Crippen LogP contribution in [-0.2, 0) is 4.79 Å². The number of carbonyl (C=O) groups excluding carboxylic acids is 1. The first-order valence-corrected chi connectivity index (χ1v) is 12.1. The molecule has 2 aromatic carbocycles. The van der Waals surface area contributed by atoms with E-state index in [9.17, 15) is 4.79 Å². The second-order valence-electron chi connectivity index (χ2n) is 8.33. The van der Waals surface area contributed by atoms with Gasteiger partial charge in [0, 0.05) is 11.6 Å². The highest BCUT2D eigenvalue weighted by atomic mass is 32.2. The van der Waals surface area contributed by atoms with Crippen LogP contribution >= 0.6 is 11.8 Å². The van der Waals surface area contributed by atoms with Crippen LogP contribution in [0.2, 0.25) is 0 Å². The number of aryl methyl sites for hydroxylation is 2. The van der Waals surface area contributed by atoms with Crippen LogP contribution < -0.4 is 5.43 Å². The molecular formula is C25H29N5OS. The number of carbonyl (C=O) groups is 1. The van der Waals surface area contributed by atoms with Gasteiger partial charge in [-0.1, -0.05) is 90.7 Å². The maximum absolute atomic E-state index is 12.4. The van der Waals surface area contributed by atoms with E-state index in [1.165, 1.54) is 42.2 Å². The first kappa shape index (κ1) is 22.3. The molecule has 1 aliphatic rings. The Bertz CT molecular complexity index is 1070. The quantitative estimate of drug-likeness (QED) is 0.303. The zero-order chi connectivity index (χ0) is 22.3. The van der Waals surface area contributed by atoms with E-state index in [4.69, 9.17) is 0 Å². The summed E-state index contributed by atoms with van der Waals surface area (Å²) >= 11 is 1.42. The van der Waals surface area contributed by atoms with Crippen molar-refractivity contribution in [3.05, 3.63) is 65.2 Å². The zero-order valence-corrected chi connectivity index (χ0v) is 19.4. The molecule has 1 heterocycles. The summed E-state index contributed by atoms with van der Waals surface area (Å²) in [6, 6.07) is 16.7. The number of nitrogens with one attached hydrogen (secondary N) is 1. The van der Waals surface area contributed by atoms with Crippen LogP contribution in [0.1, 0.15) is 54.8 Å². The van der Waals surface area contributed by atoms with Gasteiger partial charge in [0.1, 0.15) is 0 Å². The average molecular weight is 448 g/mol. The van der Waals surface area contributed by atoms with E-state index in [1.807, 2.05) is 31.2 Å². The first-order valence-electron chi connectivity index (χ1n) is 11.1. The van der Waals surface area contributed by atoms with Crippen molar-refractivity contribution in [3.8, 4) is 11.4 Å². The van der Waals surface area contributed by atoms with Crippen LogP contribution in [0.3, 0.4) is 0 Å². The maximum Gasteiger partial charge on any atom is 0.250 e. The van der Waals surface area contributed by atoms with Crippen molar-refractivity contribution in [2.75, 3.05) is 5.75 Å². The molecule has 0 radical (unpaired) electrons. The van der Waals surface area contributed by atoms with Gasteiger partial charge in [-0.2, -0.15) is 5.10 Å². The molecule has 6 nitrogen and oxygen atoms in total. The van der Waals surface area contributed by atoms with Crippen molar-refractivity contribution >= 4 is 23.9 Å². The molecule has 0 bridgehead atoms. The second kappa shape index (κ2) is 10.6. The Morgan fingerprint density at radius 3 is 2.38 bits per heavy atom. The monoisotopic (exact) mass is 447 g/mol. The van der Waals surface area contributed by atoms with Gasteiger partial charge in [-0.3, -0.25) is 9.36 Å². The fourth-order valence-electron chi connectivity index (χ4n) is 3.94. The number of rotatable bonds is 7. The van der Waals surface area contributed by atoms with Crippen molar-refractivity contribution in [2.24, 2.45) is 5.10 Å². The molecular weight excluding hydrogens is 418 g/mol. The number of thioether (sulfide) groups is 1. The minimum atomic E-state index is -0.159. The third-order valence-electron chi connectivity index (χ3n) is 5.73. The summed E-state index contributed by atoms with van der Waals surface area (Å²) < 4.78 is 2.25. The Labute approximate surface area is 193 Å². The zero-order valence-electron chi connectivity index (χ0n) is 18.6. The van der Waals surface area contributed by atoms with Crippen molar-refractivity contribution in [1.29, 1.82) is 0 Å². The largest absolute Gasteiger partial charge is 0.299 e. The third kappa shape index (κ3) is 5.65. The smallest absolute Gasteiger partial charge is 0.250 e. The number of amides is 1. The van der Waals surface area contributed by atoms with Gasteiger partial charge in [0.2, 0.25) is 0 Å². The molecule has 1 aliphatic carbocycles. The number of benzene rings is 2. The van der Waals surface area contributed by atoms with Gasteiger partial charge in [-0.25, -0.2) is 5.43 Å². The molecule has 0 spiro atoms. The van der Waals surface area contributed by atoms with Crippen molar-refractivity contribution in [2.45, 2.75) is 57.1 Å². The Hall–Kier alpha value is -2.93. The van der Waals surface area contributed by atoms with Gasteiger partial charge in [0.15, 0.2) is 11.0 Å². The Kier molecular flexibility index (Phi) is 7.37. The third-order valence-corrected chi connectivity index (χ3v) is 6.67. The number of hydrogen-bond donors (Lipinski definition) is 1. The SMILES string of the molecule is Cc1ccc(/C=N/NC(=O)CSc2nnc(-c3ccc(C)cc3)n2C2CCCCC2)cc1. The molecule has 1 saturated carbocycles. The summed E-state index contributed by atoms with van der Waals surface area (Å²) in [7, 11) is 0. The lowest BCUT2D eigenvalue weighted by molar-refractivity contribution is -0.118. The number of hydrogen-bond acceptors (Lipinski definition) is 5. The molecule has 0 aliphatic heterocycles. The Morgan fingerprint density at radius 1 is 1.03 bits per heavy atom. The van der Waals surface area contributed by atoms with E-state index in [0.29, 0.717) is 6.04 Å². The van der Waals surface area contributed by atoms with Crippen molar-refractivity contribution in [3.63, 3.8) is 0 Å². The molecule has 3 aromatic rings. The van der Waals surface area contributed by atoms with Gasteiger partial charge in [-0.15, -0.1) is 10.2 Å². The molecule has 1 N–H and O–H groups in total. The van der Waals surface area contributed by atoms with Gasteiger partial charge in [0.05, 0.1) is 12.0 Å². The summed E-state index contributed by atoms with van der Waals surface area (Å²) in [4.78, 5) is 12.4. The van der Waals surface area contributed by atoms with E-state index < -0.39 is 0 Å². The second-order valence-corrected chi connectivity index (χ2v) is 9.27. The van der Waals surface area contributed by atoms with Crippen LogP contribution in [0.25, 0.3) is 11.4 Å². The summed E-state index contributed by atoms with van der Waals surface area (Å²) in [5, 5.41) is 13.8. The molecule has 7 heteroatoms. The highest BCUT2D eigenvalue weighted by Crippen LogP contribution is 2.35. The van der Waals surface area contributed by atoms with E-state index in [1.54, 1.807) is 6.21 Å². The predicted molar refractivity (Wildman–Crippen MR) is 130 cm³/mol. The molecule has 166 valence electrons. The molecule has 1 fully saturated rings. The van der Waals surface area contributed by atoms with E-state index in [-0.39, 0.29) is 11.7 Å². The summed E-state index contributed by atoms with van der Waals surface area (Å²) in [5.74, 6) is 0.968. The minimum Gasteiger partial charge on any atom is -0.299 e. The number of hydrazone groups is 1. The molecule has 0 atom stereocenters. The Balaban J connectivity index is 1.44. The van der Waals surface area contributed by atoms with Crippen LogP contribution in [0.5, 0.6) is 0 Å². The normalized spacial score (nSPS) is 14.7. The minimum absolute atomic E-state index is 0.159. The lowest BCUT2D eigenvalue weighted by Gasteiger charge is -2.25. The van der Waals surface area contributed by atoms with Crippen LogP contribution in [-0.4, -0.2) is 32.6 Å². The molecule has 1 amide bonds. The standard InChI is InChI=1S/C25H29N5OS/c1-18-8-12-20(13-9-18)16-26-27-23(31)17-32-25-29-28-24(21-14-10-19(2)11-15-21)30(25)22-6-4-3-5-7-22/h8-16,22H,3-7,17H2,1-2H3,(H,27,31)/b26-16+. The highest BCUT2D eigenvalue weighted by molar-refractivity contribution is 7.99. The molecule has 0 saturated heterocycles. The Morgan fingerprint density at radius 2 is 1.69 bits per heavy atom. The number of nitrogens with zero attached hydrogens (tertiary/aromatic N) is 4. The van der Waals surface area contributed by atoms with Crippen LogP contribution in [0.4, 0.5) is 0 Å². The topological polar surface area (TPSA) is 72.2 Å². The van der Waals surface area contributed by atoms with Gasteiger partial charge < -0.3 is 0 Å². The summed E-state index contributed by atoms with van der Waals surface area (Å²) in [5.41, 5.74) is 7.03. The lowest BCUT2D eigenvalue weighted by atomic mass is 9.95. The predicted octanol–water partition coefficient (Wildman–Crippen LogP) is 5.31. The fraction of sp³-hybridized carbons (Fsp3) is 0.360. The maximum atomic E-state index is 12.4.